The number of ether oxygens (including phenoxy) is 1. The highest BCUT2D eigenvalue weighted by Gasteiger charge is 2.31. The number of hydrogen-bond donors (Lipinski definition) is 1. The molecular weight excluding hydrogens is 482 g/mol. The number of carboxylic acid groups (broad SMARTS) is 1. The maximum atomic E-state index is 15.3. The molecule has 12 heteroatoms. The van der Waals surface area contributed by atoms with Crippen molar-refractivity contribution in [3.05, 3.63) is 58.9 Å². The number of aromatic nitrogens is 2. The molecule has 3 aromatic rings. The smallest absolute Gasteiger partial charge is 0.407 e. The maximum absolute atomic E-state index is 15.3. The number of amides is 2. The van der Waals surface area contributed by atoms with Gasteiger partial charge in [0.05, 0.1) is 36.2 Å². The molecule has 0 radical (unpaired) electrons. The molecule has 2 aromatic heterocycles. The van der Waals surface area contributed by atoms with Crippen LogP contribution < -0.4 is 0 Å². The van der Waals surface area contributed by atoms with Gasteiger partial charge in [0.15, 0.2) is 0 Å². The van der Waals surface area contributed by atoms with Crippen LogP contribution in [0.1, 0.15) is 16.8 Å². The second-order valence-electron chi connectivity index (χ2n) is 8.19. The summed E-state index contributed by atoms with van der Waals surface area (Å²) in [5.41, 5.74) is 1.48. The number of hydrogen-bond acceptors (Lipinski definition) is 6. The minimum atomic E-state index is -1.07. The van der Waals surface area contributed by atoms with E-state index in [1.54, 1.807) is 16.7 Å². The number of fused-ring (bicyclic) bond motifs is 1. The van der Waals surface area contributed by atoms with E-state index in [1.165, 1.54) is 4.90 Å². The van der Waals surface area contributed by atoms with E-state index in [0.29, 0.717) is 23.1 Å². The zero-order valence-corrected chi connectivity index (χ0v) is 19.1. The Morgan fingerprint density at radius 1 is 1.26 bits per heavy atom. The predicted molar refractivity (Wildman–Crippen MR) is 122 cm³/mol. The van der Waals surface area contributed by atoms with Gasteiger partial charge in [-0.15, -0.1) is 0 Å². The lowest BCUT2D eigenvalue weighted by Crippen LogP contribution is -2.45. The highest BCUT2D eigenvalue weighted by atomic mass is 32.2. The van der Waals surface area contributed by atoms with Gasteiger partial charge in [0.2, 0.25) is 0 Å². The minimum Gasteiger partial charge on any atom is -0.465 e. The number of aryl methyl sites for hydroxylation is 1. The van der Waals surface area contributed by atoms with Crippen molar-refractivity contribution in [2.24, 2.45) is 4.99 Å². The molecule has 180 valence electrons. The predicted octanol–water partition coefficient (Wildman–Crippen LogP) is 3.06. The first-order valence-electron chi connectivity index (χ1n) is 10.6. The van der Waals surface area contributed by atoms with E-state index < -0.39 is 34.9 Å². The first-order chi connectivity index (χ1) is 16.7. The van der Waals surface area contributed by atoms with Crippen molar-refractivity contribution in [1.82, 2.24) is 14.3 Å². The molecular formula is C23H18F2N4O5S. The summed E-state index contributed by atoms with van der Waals surface area (Å²) in [6, 6.07) is 5.62. The number of morpholine rings is 1. The molecule has 35 heavy (non-hydrogen) atoms. The Morgan fingerprint density at radius 3 is 2.66 bits per heavy atom. The van der Waals surface area contributed by atoms with Crippen LogP contribution in [-0.4, -0.2) is 67.4 Å². The normalized spacial score (nSPS) is 18.4. The second-order valence-corrected chi connectivity index (χ2v) is 9.15. The zero-order chi connectivity index (χ0) is 24.9. The van der Waals surface area contributed by atoms with Crippen LogP contribution in [0.3, 0.4) is 0 Å². The Balaban J connectivity index is 1.59. The number of nitrogens with zero attached hydrogens (tertiary/aromatic N) is 4. The van der Waals surface area contributed by atoms with Gasteiger partial charge in [-0.1, -0.05) is 0 Å². The third kappa shape index (κ3) is 4.30. The highest BCUT2D eigenvalue weighted by Crippen LogP contribution is 2.33. The van der Waals surface area contributed by atoms with Crippen LogP contribution in [0, 0.1) is 18.6 Å². The Morgan fingerprint density at radius 2 is 2.00 bits per heavy atom. The average molecular weight is 500 g/mol. The molecule has 0 aliphatic carbocycles. The van der Waals surface area contributed by atoms with Crippen molar-refractivity contribution in [3.8, 4) is 11.3 Å². The van der Waals surface area contributed by atoms with Crippen molar-refractivity contribution >= 4 is 39.6 Å². The third-order valence-electron chi connectivity index (χ3n) is 5.80. The molecule has 1 fully saturated rings. The SMILES string of the molecule is Cc1ccn2c(C[C@H]3CN(C(=O)O)CCO3)c(-c3c(F)cc(C4=NC(=O)C(=O)S4)cc3F)nc2c1. The fourth-order valence-electron chi connectivity index (χ4n) is 4.16. The van der Waals surface area contributed by atoms with Crippen LogP contribution in [0.4, 0.5) is 13.6 Å². The summed E-state index contributed by atoms with van der Waals surface area (Å²) in [7, 11) is 0. The molecule has 1 aromatic carbocycles. The van der Waals surface area contributed by atoms with Gasteiger partial charge in [-0.25, -0.2) is 18.6 Å². The second kappa shape index (κ2) is 8.86. The highest BCUT2D eigenvalue weighted by molar-refractivity contribution is 8.28. The van der Waals surface area contributed by atoms with Crippen LogP contribution in [-0.2, 0) is 20.7 Å². The fourth-order valence-corrected chi connectivity index (χ4v) is 4.84. The third-order valence-corrected chi connectivity index (χ3v) is 6.68. The number of thioether (sulfide) groups is 1. The van der Waals surface area contributed by atoms with Gasteiger partial charge in [-0.2, -0.15) is 4.99 Å². The van der Waals surface area contributed by atoms with Crippen molar-refractivity contribution in [2.45, 2.75) is 19.4 Å². The molecule has 5 rings (SSSR count). The maximum Gasteiger partial charge on any atom is 0.407 e. The largest absolute Gasteiger partial charge is 0.465 e. The summed E-state index contributed by atoms with van der Waals surface area (Å²) < 4.78 is 38.1. The van der Waals surface area contributed by atoms with Crippen LogP contribution in [0.25, 0.3) is 16.9 Å². The first kappa shape index (κ1) is 23.1. The lowest BCUT2D eigenvalue weighted by molar-refractivity contribution is -0.130. The molecule has 2 amide bonds. The summed E-state index contributed by atoms with van der Waals surface area (Å²) in [6.07, 6.45) is 0.297. The monoisotopic (exact) mass is 500 g/mol. The van der Waals surface area contributed by atoms with E-state index in [0.717, 1.165) is 17.7 Å². The van der Waals surface area contributed by atoms with Crippen molar-refractivity contribution < 1.29 is 33.0 Å². The van der Waals surface area contributed by atoms with Gasteiger partial charge in [0, 0.05) is 24.7 Å². The molecule has 0 unspecified atom stereocenters. The van der Waals surface area contributed by atoms with Gasteiger partial charge in [0.1, 0.15) is 22.3 Å². The standard InChI is InChI=1S/C23H18F2N4O5S/c1-11-2-3-29-16(9-13-10-28(23(32)33)4-5-34-13)19(26-17(29)6-11)18-14(24)7-12(8-15(18)25)21-27-20(30)22(31)35-21/h2-3,6-8,13H,4-5,9-10H2,1H3,(H,32,33)/t13-/m0/s1. The van der Waals surface area contributed by atoms with E-state index in [-0.39, 0.29) is 48.0 Å². The number of pyridine rings is 1. The molecule has 0 spiro atoms. The van der Waals surface area contributed by atoms with Crippen molar-refractivity contribution in [1.29, 1.82) is 0 Å². The van der Waals surface area contributed by atoms with Crippen LogP contribution >= 0.6 is 11.8 Å². The number of carbonyl (C=O) groups is 3. The van der Waals surface area contributed by atoms with Crippen LogP contribution in [0.5, 0.6) is 0 Å². The Kier molecular flexibility index (Phi) is 5.85. The van der Waals surface area contributed by atoms with E-state index >= 15 is 8.78 Å². The topological polar surface area (TPSA) is 114 Å². The van der Waals surface area contributed by atoms with Gasteiger partial charge >= 0.3 is 12.0 Å². The van der Waals surface area contributed by atoms with E-state index in [1.807, 2.05) is 13.0 Å². The molecule has 4 heterocycles. The number of halogens is 2. The van der Waals surface area contributed by atoms with Crippen molar-refractivity contribution in [3.63, 3.8) is 0 Å². The average Bonchev–Trinajstić information content (AvgIpc) is 3.32. The van der Waals surface area contributed by atoms with Gasteiger partial charge in [-0.3, -0.25) is 9.59 Å². The number of carbonyl (C=O) groups excluding carboxylic acids is 2. The molecule has 1 N–H and O–H groups in total. The van der Waals surface area contributed by atoms with Crippen LogP contribution in [0.15, 0.2) is 35.5 Å². The Hall–Kier alpha value is -3.64. The summed E-state index contributed by atoms with van der Waals surface area (Å²) in [5, 5.41) is 8.45. The number of aliphatic imine (C=N–C) groups is 1. The molecule has 2 aliphatic rings. The molecule has 9 nitrogen and oxygen atoms in total. The number of imidazole rings is 1. The van der Waals surface area contributed by atoms with Crippen LogP contribution in [0.2, 0.25) is 0 Å². The van der Waals surface area contributed by atoms with E-state index in [9.17, 15) is 19.5 Å². The first-order valence-corrected chi connectivity index (χ1v) is 11.4. The molecule has 1 atom stereocenters. The van der Waals surface area contributed by atoms with Gasteiger partial charge in [-0.05, 0) is 48.5 Å². The van der Waals surface area contributed by atoms with E-state index in [4.69, 9.17) is 4.74 Å². The summed E-state index contributed by atoms with van der Waals surface area (Å²) in [5.74, 6) is -2.85. The lowest BCUT2D eigenvalue weighted by atomic mass is 10.0. The van der Waals surface area contributed by atoms with E-state index in [2.05, 4.69) is 9.98 Å². The van der Waals surface area contributed by atoms with Gasteiger partial charge in [0.25, 0.3) is 5.12 Å². The summed E-state index contributed by atoms with van der Waals surface area (Å²) >= 11 is 0.519. The lowest BCUT2D eigenvalue weighted by Gasteiger charge is -2.31. The Labute approximate surface area is 201 Å². The molecule has 1 saturated heterocycles. The van der Waals surface area contributed by atoms with Crippen molar-refractivity contribution in [2.75, 3.05) is 19.7 Å². The number of benzene rings is 1. The minimum absolute atomic E-state index is 0.0261. The quantitative estimate of drug-likeness (QED) is 0.548. The number of rotatable bonds is 4. The fraction of sp³-hybridized carbons (Fsp3) is 0.261. The summed E-state index contributed by atoms with van der Waals surface area (Å²) in [6.45, 7) is 2.41. The zero-order valence-electron chi connectivity index (χ0n) is 18.3. The molecule has 2 aliphatic heterocycles. The summed E-state index contributed by atoms with van der Waals surface area (Å²) in [4.78, 5) is 43.6. The van der Waals surface area contributed by atoms with Gasteiger partial charge < -0.3 is 19.1 Å². The molecule has 0 bridgehead atoms. The molecule has 0 saturated carbocycles. The Bertz CT molecular complexity index is 1410.